The van der Waals surface area contributed by atoms with E-state index in [0.717, 1.165) is 37.2 Å². The summed E-state index contributed by atoms with van der Waals surface area (Å²) < 4.78 is 5.59. The van der Waals surface area contributed by atoms with Crippen molar-refractivity contribution in [3.05, 3.63) is 23.8 Å². The highest BCUT2D eigenvalue weighted by Crippen LogP contribution is 2.37. The van der Waals surface area contributed by atoms with Crippen LogP contribution in [0, 0.1) is 0 Å². The standard InChI is InChI=1S/C15H20N2O3/c1-16(9-15(19)17-6-2-3-7-17)13-10-20-14-8-11(18)4-5-12(13)14/h4-5,8,13,18H,2-3,6-7,9-10H2,1H3. The van der Waals surface area contributed by atoms with Crippen LogP contribution in [0.1, 0.15) is 24.4 Å². The van der Waals surface area contributed by atoms with Gasteiger partial charge >= 0.3 is 0 Å². The van der Waals surface area contributed by atoms with Crippen molar-refractivity contribution in [2.75, 3.05) is 33.3 Å². The molecule has 0 saturated carbocycles. The number of fused-ring (bicyclic) bond motifs is 1. The van der Waals surface area contributed by atoms with Crippen molar-refractivity contribution < 1.29 is 14.6 Å². The Morgan fingerprint density at radius 2 is 2.20 bits per heavy atom. The Morgan fingerprint density at radius 3 is 2.95 bits per heavy atom. The molecule has 1 aromatic carbocycles. The maximum atomic E-state index is 12.2. The van der Waals surface area contributed by atoms with E-state index >= 15 is 0 Å². The zero-order valence-electron chi connectivity index (χ0n) is 11.7. The zero-order chi connectivity index (χ0) is 14.1. The van der Waals surface area contributed by atoms with Gasteiger partial charge in [0.25, 0.3) is 0 Å². The molecule has 5 nitrogen and oxygen atoms in total. The summed E-state index contributed by atoms with van der Waals surface area (Å²) in [6.45, 7) is 2.72. The number of aromatic hydroxyl groups is 1. The third kappa shape index (κ3) is 2.45. The molecule has 1 saturated heterocycles. The van der Waals surface area contributed by atoms with E-state index in [9.17, 15) is 9.90 Å². The van der Waals surface area contributed by atoms with Gasteiger partial charge in [-0.1, -0.05) is 0 Å². The number of amides is 1. The van der Waals surface area contributed by atoms with E-state index in [1.807, 2.05) is 22.9 Å². The number of phenolic OH excluding ortho intramolecular Hbond substituents is 1. The van der Waals surface area contributed by atoms with Gasteiger partial charge in [0, 0.05) is 24.7 Å². The molecule has 20 heavy (non-hydrogen) atoms. The number of likely N-dealkylation sites (tertiary alicyclic amines) is 1. The summed E-state index contributed by atoms with van der Waals surface area (Å²) in [5.74, 6) is 1.12. The van der Waals surface area contributed by atoms with Crippen LogP contribution < -0.4 is 4.74 Å². The average molecular weight is 276 g/mol. The molecule has 108 valence electrons. The number of nitrogens with zero attached hydrogens (tertiary/aromatic N) is 2. The SMILES string of the molecule is CN(CC(=O)N1CCCC1)C1COc2cc(O)ccc21. The maximum absolute atomic E-state index is 12.2. The highest BCUT2D eigenvalue weighted by Gasteiger charge is 2.30. The van der Waals surface area contributed by atoms with Crippen molar-refractivity contribution in [2.24, 2.45) is 0 Å². The molecule has 1 fully saturated rings. The summed E-state index contributed by atoms with van der Waals surface area (Å²) in [5, 5.41) is 9.46. The number of benzene rings is 1. The predicted molar refractivity (Wildman–Crippen MR) is 74.8 cm³/mol. The summed E-state index contributed by atoms with van der Waals surface area (Å²) in [5.41, 5.74) is 1.04. The van der Waals surface area contributed by atoms with Crippen molar-refractivity contribution in [3.63, 3.8) is 0 Å². The van der Waals surface area contributed by atoms with Crippen LogP contribution in [0.15, 0.2) is 18.2 Å². The van der Waals surface area contributed by atoms with Crippen molar-refractivity contribution >= 4 is 5.91 Å². The molecule has 0 aromatic heterocycles. The fourth-order valence-electron chi connectivity index (χ4n) is 2.94. The maximum Gasteiger partial charge on any atom is 0.236 e. The molecule has 2 heterocycles. The lowest BCUT2D eigenvalue weighted by molar-refractivity contribution is -0.131. The first-order valence-corrected chi connectivity index (χ1v) is 7.09. The quantitative estimate of drug-likeness (QED) is 0.906. The Morgan fingerprint density at radius 1 is 1.45 bits per heavy atom. The largest absolute Gasteiger partial charge is 0.508 e. The summed E-state index contributed by atoms with van der Waals surface area (Å²) in [7, 11) is 1.95. The molecule has 1 N–H and O–H groups in total. The molecule has 2 aliphatic rings. The number of hydrogen-bond acceptors (Lipinski definition) is 4. The minimum Gasteiger partial charge on any atom is -0.508 e. The minimum atomic E-state index is 0.0807. The molecule has 1 unspecified atom stereocenters. The van der Waals surface area contributed by atoms with E-state index in [0.29, 0.717) is 13.2 Å². The van der Waals surface area contributed by atoms with Gasteiger partial charge < -0.3 is 14.7 Å². The molecular formula is C15H20N2O3. The highest BCUT2D eigenvalue weighted by molar-refractivity contribution is 5.78. The fraction of sp³-hybridized carbons (Fsp3) is 0.533. The minimum absolute atomic E-state index is 0.0807. The van der Waals surface area contributed by atoms with Crippen LogP contribution in [0.5, 0.6) is 11.5 Å². The number of carbonyl (C=O) groups is 1. The Balaban J connectivity index is 1.67. The number of likely N-dealkylation sites (N-methyl/N-ethyl adjacent to an activating group) is 1. The van der Waals surface area contributed by atoms with Gasteiger partial charge in [-0.2, -0.15) is 0 Å². The first-order valence-electron chi connectivity index (χ1n) is 7.09. The van der Waals surface area contributed by atoms with Gasteiger partial charge in [-0.15, -0.1) is 0 Å². The molecule has 0 spiro atoms. The second kappa shape index (κ2) is 5.32. The van der Waals surface area contributed by atoms with Crippen LogP contribution in [-0.4, -0.2) is 54.1 Å². The Bertz CT molecular complexity index is 512. The van der Waals surface area contributed by atoms with E-state index in [1.54, 1.807) is 12.1 Å². The van der Waals surface area contributed by atoms with Crippen molar-refractivity contribution in [2.45, 2.75) is 18.9 Å². The molecule has 0 radical (unpaired) electrons. The van der Waals surface area contributed by atoms with Crippen LogP contribution in [-0.2, 0) is 4.79 Å². The lowest BCUT2D eigenvalue weighted by Crippen LogP contribution is -2.39. The smallest absolute Gasteiger partial charge is 0.236 e. The third-order valence-electron chi connectivity index (χ3n) is 4.13. The fourth-order valence-corrected chi connectivity index (χ4v) is 2.94. The first-order chi connectivity index (χ1) is 9.65. The highest BCUT2D eigenvalue weighted by atomic mass is 16.5. The van der Waals surface area contributed by atoms with Gasteiger partial charge in [0.1, 0.15) is 18.1 Å². The van der Waals surface area contributed by atoms with Crippen molar-refractivity contribution in [1.29, 1.82) is 0 Å². The molecule has 3 rings (SSSR count). The van der Waals surface area contributed by atoms with E-state index in [4.69, 9.17) is 4.74 Å². The van der Waals surface area contributed by atoms with Gasteiger partial charge in [-0.3, -0.25) is 9.69 Å². The first kappa shape index (κ1) is 13.2. The number of ether oxygens (including phenoxy) is 1. The van der Waals surface area contributed by atoms with Crippen molar-refractivity contribution in [1.82, 2.24) is 9.80 Å². The molecule has 1 aromatic rings. The van der Waals surface area contributed by atoms with E-state index in [-0.39, 0.29) is 17.7 Å². The van der Waals surface area contributed by atoms with Gasteiger partial charge in [0.05, 0.1) is 12.6 Å². The Hall–Kier alpha value is -1.75. The third-order valence-corrected chi connectivity index (χ3v) is 4.13. The second-order valence-corrected chi connectivity index (χ2v) is 5.55. The average Bonchev–Trinajstić information content (AvgIpc) is 3.07. The molecular weight excluding hydrogens is 256 g/mol. The van der Waals surface area contributed by atoms with Crippen LogP contribution in [0.3, 0.4) is 0 Å². The van der Waals surface area contributed by atoms with Crippen LogP contribution in [0.2, 0.25) is 0 Å². The molecule has 0 aliphatic carbocycles. The number of rotatable bonds is 3. The molecule has 2 aliphatic heterocycles. The molecule has 0 bridgehead atoms. The van der Waals surface area contributed by atoms with Gasteiger partial charge in [-0.05, 0) is 32.0 Å². The van der Waals surface area contributed by atoms with Gasteiger partial charge in [0.2, 0.25) is 5.91 Å². The lowest BCUT2D eigenvalue weighted by Gasteiger charge is -2.25. The number of phenols is 1. The monoisotopic (exact) mass is 276 g/mol. The normalized spacial score (nSPS) is 21.1. The summed E-state index contributed by atoms with van der Waals surface area (Å²) >= 11 is 0. The Kier molecular flexibility index (Phi) is 3.53. The van der Waals surface area contributed by atoms with Crippen LogP contribution >= 0.6 is 0 Å². The summed E-state index contributed by atoms with van der Waals surface area (Å²) in [6.07, 6.45) is 2.23. The van der Waals surface area contributed by atoms with Gasteiger partial charge in [0.15, 0.2) is 0 Å². The molecule has 1 atom stereocenters. The van der Waals surface area contributed by atoms with E-state index < -0.39 is 0 Å². The van der Waals surface area contributed by atoms with Gasteiger partial charge in [-0.25, -0.2) is 0 Å². The Labute approximate surface area is 118 Å². The topological polar surface area (TPSA) is 53.0 Å². The second-order valence-electron chi connectivity index (χ2n) is 5.55. The summed E-state index contributed by atoms with van der Waals surface area (Å²) in [4.78, 5) is 16.1. The van der Waals surface area contributed by atoms with Crippen molar-refractivity contribution in [3.8, 4) is 11.5 Å². The molecule has 1 amide bonds. The van der Waals surface area contributed by atoms with E-state index in [2.05, 4.69) is 0 Å². The number of carbonyl (C=O) groups excluding carboxylic acids is 1. The van der Waals surface area contributed by atoms with Crippen LogP contribution in [0.4, 0.5) is 0 Å². The molecule has 5 heteroatoms. The predicted octanol–water partition coefficient (Wildman–Crippen LogP) is 1.38. The lowest BCUT2D eigenvalue weighted by atomic mass is 10.1. The van der Waals surface area contributed by atoms with Crippen LogP contribution in [0.25, 0.3) is 0 Å². The number of hydrogen-bond donors (Lipinski definition) is 1. The summed E-state index contributed by atoms with van der Waals surface area (Å²) in [6, 6.07) is 5.25. The van der Waals surface area contributed by atoms with E-state index in [1.165, 1.54) is 0 Å². The zero-order valence-corrected chi connectivity index (χ0v) is 11.7.